The van der Waals surface area contributed by atoms with Gasteiger partial charge in [-0.15, -0.1) is 0 Å². The normalized spacial score (nSPS) is 24.8. The van der Waals surface area contributed by atoms with Crippen LogP contribution >= 0.6 is 0 Å². The molecular formula is C15H36O5Si3. The van der Waals surface area contributed by atoms with Crippen LogP contribution < -0.4 is 0 Å². The van der Waals surface area contributed by atoms with Crippen LogP contribution in [0.5, 0.6) is 0 Å². The molecule has 138 valence electrons. The van der Waals surface area contributed by atoms with Crippen molar-refractivity contribution in [2.45, 2.75) is 84.0 Å². The summed E-state index contributed by atoms with van der Waals surface area (Å²) in [6.45, 7) is 22.4. The molecule has 0 N–H and O–H groups in total. The number of epoxide rings is 1. The van der Waals surface area contributed by atoms with Crippen LogP contribution in [0.3, 0.4) is 0 Å². The molecule has 1 aliphatic rings. The molecule has 1 aliphatic heterocycles. The van der Waals surface area contributed by atoms with E-state index in [1.165, 1.54) is 0 Å². The molecule has 0 bridgehead atoms. The van der Waals surface area contributed by atoms with Crippen LogP contribution in [0.25, 0.3) is 0 Å². The van der Waals surface area contributed by atoms with Crippen molar-refractivity contribution in [1.82, 2.24) is 0 Å². The third-order valence-corrected chi connectivity index (χ3v) is 5.42. The maximum absolute atomic E-state index is 6.38. The summed E-state index contributed by atoms with van der Waals surface area (Å²) in [5, 5.41) is 0. The van der Waals surface area contributed by atoms with Crippen LogP contribution in [0.15, 0.2) is 0 Å². The third kappa shape index (κ3) is 6.69. The van der Waals surface area contributed by atoms with Crippen LogP contribution in [-0.4, -0.2) is 49.9 Å². The monoisotopic (exact) mass is 380 g/mol. The van der Waals surface area contributed by atoms with Crippen LogP contribution in [0, 0.1) is 0 Å². The van der Waals surface area contributed by atoms with Crippen molar-refractivity contribution in [1.29, 1.82) is 0 Å². The molecule has 1 atom stereocenters. The van der Waals surface area contributed by atoms with Crippen molar-refractivity contribution in [3.63, 3.8) is 0 Å². The lowest BCUT2D eigenvalue weighted by Gasteiger charge is -2.33. The second kappa shape index (κ2) is 6.99. The number of rotatable bonds is 10. The fraction of sp³-hybridized carbons (Fsp3) is 1.00. The molecule has 0 aromatic rings. The SMILES string of the molecule is CCCOCC1(O[Si](C)(C)C)OC1(O[Si](C)(C)C)O[Si](C)(C)C. The smallest absolute Gasteiger partial charge is 0.326 e. The first-order chi connectivity index (χ1) is 10.1. The molecule has 23 heavy (non-hydrogen) atoms. The number of hydrogen-bond donors (Lipinski definition) is 0. The molecule has 1 saturated heterocycles. The third-order valence-electron chi connectivity index (χ3n) is 2.72. The summed E-state index contributed by atoms with van der Waals surface area (Å²) in [6, 6.07) is 0. The summed E-state index contributed by atoms with van der Waals surface area (Å²) in [4.78, 5) is 0. The maximum atomic E-state index is 6.38. The van der Waals surface area contributed by atoms with Crippen LogP contribution in [0.1, 0.15) is 13.3 Å². The zero-order valence-electron chi connectivity index (χ0n) is 16.7. The van der Waals surface area contributed by atoms with Crippen molar-refractivity contribution in [2.75, 3.05) is 13.2 Å². The molecule has 0 saturated carbocycles. The van der Waals surface area contributed by atoms with Gasteiger partial charge in [-0.25, -0.2) is 0 Å². The van der Waals surface area contributed by atoms with Gasteiger partial charge in [0.15, 0.2) is 25.0 Å². The van der Waals surface area contributed by atoms with E-state index in [1.54, 1.807) is 0 Å². The molecule has 1 unspecified atom stereocenters. The Labute approximate surface area is 145 Å². The second-order valence-corrected chi connectivity index (χ2v) is 22.4. The second-order valence-electron chi connectivity index (χ2n) is 9.11. The lowest BCUT2D eigenvalue weighted by Crippen LogP contribution is -2.51. The summed E-state index contributed by atoms with van der Waals surface area (Å²) >= 11 is 0. The molecule has 0 aromatic heterocycles. The molecule has 1 fully saturated rings. The highest BCUT2D eigenvalue weighted by atomic mass is 28.4. The van der Waals surface area contributed by atoms with Gasteiger partial charge in [-0.2, -0.15) is 0 Å². The van der Waals surface area contributed by atoms with Gasteiger partial charge in [-0.3, -0.25) is 4.74 Å². The first-order valence-electron chi connectivity index (χ1n) is 8.52. The standard InChI is InChI=1S/C15H36O5Si3/c1-11-12-16-13-14(18-21(2,3)4)15(17-14,19-22(5,6)7)20-23(8,9)10/h11-13H2,1-10H3. The molecular weight excluding hydrogens is 344 g/mol. The van der Waals surface area contributed by atoms with E-state index in [4.69, 9.17) is 22.8 Å². The van der Waals surface area contributed by atoms with Gasteiger partial charge in [0.2, 0.25) is 0 Å². The maximum Gasteiger partial charge on any atom is 0.326 e. The minimum absolute atomic E-state index is 0.347. The van der Waals surface area contributed by atoms with Crippen molar-refractivity contribution in [3.05, 3.63) is 0 Å². The van der Waals surface area contributed by atoms with E-state index in [2.05, 4.69) is 65.8 Å². The molecule has 1 heterocycles. The van der Waals surface area contributed by atoms with E-state index in [0.717, 1.165) is 6.42 Å². The van der Waals surface area contributed by atoms with Crippen molar-refractivity contribution >= 4 is 25.0 Å². The molecule has 8 heteroatoms. The van der Waals surface area contributed by atoms with Gasteiger partial charge in [0, 0.05) is 6.61 Å². The first-order valence-corrected chi connectivity index (χ1v) is 18.7. The van der Waals surface area contributed by atoms with E-state index >= 15 is 0 Å². The van der Waals surface area contributed by atoms with Crippen LogP contribution in [-0.2, 0) is 22.8 Å². The highest BCUT2D eigenvalue weighted by Gasteiger charge is 2.78. The fourth-order valence-electron chi connectivity index (χ4n) is 2.29. The molecule has 0 amide bonds. The summed E-state index contributed by atoms with van der Waals surface area (Å²) in [5.41, 5.74) is 0. The van der Waals surface area contributed by atoms with Gasteiger partial charge in [-0.1, -0.05) is 6.92 Å². The molecule has 0 spiro atoms. The predicted octanol–water partition coefficient (Wildman–Crippen LogP) is 4.35. The topological polar surface area (TPSA) is 49.5 Å². The molecule has 0 radical (unpaired) electrons. The van der Waals surface area contributed by atoms with E-state index in [0.29, 0.717) is 13.2 Å². The van der Waals surface area contributed by atoms with Crippen molar-refractivity contribution < 1.29 is 22.8 Å². The van der Waals surface area contributed by atoms with Crippen molar-refractivity contribution in [3.8, 4) is 0 Å². The zero-order valence-corrected chi connectivity index (χ0v) is 19.7. The van der Waals surface area contributed by atoms with E-state index in [1.807, 2.05) is 0 Å². The molecule has 5 nitrogen and oxygen atoms in total. The summed E-state index contributed by atoms with van der Waals surface area (Å²) in [5.74, 6) is -2.02. The Morgan fingerprint density at radius 3 is 1.52 bits per heavy atom. The molecule has 0 aliphatic carbocycles. The van der Waals surface area contributed by atoms with Crippen molar-refractivity contribution in [2.24, 2.45) is 0 Å². The summed E-state index contributed by atoms with van der Waals surface area (Å²) in [7, 11) is -5.64. The average molecular weight is 381 g/mol. The van der Waals surface area contributed by atoms with Crippen LogP contribution in [0.4, 0.5) is 0 Å². The number of hydrogen-bond acceptors (Lipinski definition) is 5. The van der Waals surface area contributed by atoms with Gasteiger partial charge in [-0.05, 0) is 65.3 Å². The van der Waals surface area contributed by atoms with Gasteiger partial charge in [0.05, 0.1) is 0 Å². The largest absolute Gasteiger partial charge is 0.383 e. The summed E-state index contributed by atoms with van der Waals surface area (Å²) in [6.07, 6.45) is 0.958. The van der Waals surface area contributed by atoms with Gasteiger partial charge in [0.25, 0.3) is 5.79 Å². The lowest BCUT2D eigenvalue weighted by atomic mass is 10.4. The van der Waals surface area contributed by atoms with Gasteiger partial charge >= 0.3 is 5.97 Å². The predicted molar refractivity (Wildman–Crippen MR) is 101 cm³/mol. The Balaban J connectivity index is 3.06. The van der Waals surface area contributed by atoms with E-state index in [9.17, 15) is 0 Å². The fourth-order valence-corrected chi connectivity index (χ4v) is 5.68. The van der Waals surface area contributed by atoms with Gasteiger partial charge < -0.3 is 18.0 Å². The highest BCUT2D eigenvalue weighted by molar-refractivity contribution is 6.71. The first kappa shape index (κ1) is 21.5. The molecule has 1 rings (SSSR count). The Morgan fingerprint density at radius 1 is 0.739 bits per heavy atom. The highest BCUT2D eigenvalue weighted by Crippen LogP contribution is 2.55. The Bertz CT molecular complexity index is 381. The number of ether oxygens (including phenoxy) is 2. The van der Waals surface area contributed by atoms with Crippen LogP contribution in [0.2, 0.25) is 58.9 Å². The molecule has 0 aromatic carbocycles. The Kier molecular flexibility index (Phi) is 6.53. The van der Waals surface area contributed by atoms with E-state index < -0.39 is 36.7 Å². The average Bonchev–Trinajstić information content (AvgIpc) is 2.75. The zero-order chi connectivity index (χ0) is 18.2. The minimum atomic E-state index is -1.89. The van der Waals surface area contributed by atoms with E-state index in [-0.39, 0.29) is 0 Å². The Morgan fingerprint density at radius 2 is 1.17 bits per heavy atom. The lowest BCUT2D eigenvalue weighted by molar-refractivity contribution is -0.133. The quantitative estimate of drug-likeness (QED) is 0.244. The van der Waals surface area contributed by atoms with Gasteiger partial charge in [0.1, 0.15) is 6.61 Å². The minimum Gasteiger partial charge on any atom is -0.383 e. The Hall–Kier alpha value is 0.451. The summed E-state index contributed by atoms with van der Waals surface area (Å²) < 4.78 is 30.9.